The molecule has 0 aliphatic carbocycles. The van der Waals surface area contributed by atoms with E-state index in [1.165, 1.54) is 17.7 Å². The highest BCUT2D eigenvalue weighted by Crippen LogP contribution is 2.34. The highest BCUT2D eigenvalue weighted by atomic mass is 32.2. The minimum Gasteiger partial charge on any atom is -0.486 e. The molecule has 0 saturated carbocycles. The zero-order valence-corrected chi connectivity index (χ0v) is 19.6. The van der Waals surface area contributed by atoms with Gasteiger partial charge in [0.2, 0.25) is 0 Å². The number of hydrogen-bond acceptors (Lipinski definition) is 3. The Morgan fingerprint density at radius 1 is 0.812 bits per heavy atom. The largest absolute Gasteiger partial charge is 0.486 e. The van der Waals surface area contributed by atoms with Crippen LogP contribution >= 0.6 is 0 Å². The van der Waals surface area contributed by atoms with Gasteiger partial charge in [-0.1, -0.05) is 51.1 Å². The lowest BCUT2D eigenvalue weighted by Gasteiger charge is -2.19. The Hall–Kier alpha value is -2.42. The van der Waals surface area contributed by atoms with Gasteiger partial charge >= 0.3 is 15.4 Å². The second-order valence-electron chi connectivity index (χ2n) is 8.27. The summed E-state index contributed by atoms with van der Waals surface area (Å²) >= 11 is 0. The molecule has 0 aromatic heterocycles. The van der Waals surface area contributed by atoms with Gasteiger partial charge in [0, 0.05) is 0 Å². The van der Waals surface area contributed by atoms with Gasteiger partial charge < -0.3 is 4.74 Å². The first kappa shape index (κ1) is 24.2. The number of rotatable bonds is 7. The Balaban J connectivity index is 1.90. The molecule has 0 bridgehead atoms. The van der Waals surface area contributed by atoms with E-state index >= 15 is 0 Å². The van der Waals surface area contributed by atoms with Crippen LogP contribution in [0.15, 0.2) is 93.5 Å². The van der Waals surface area contributed by atoms with Crippen LogP contribution in [0.1, 0.15) is 26.3 Å². The molecule has 0 aliphatic rings. The van der Waals surface area contributed by atoms with Gasteiger partial charge in [-0.3, -0.25) is 4.55 Å². The number of ether oxygens (including phenoxy) is 1. The van der Waals surface area contributed by atoms with Crippen LogP contribution in [0.2, 0.25) is 0 Å². The molecule has 1 unspecified atom stereocenters. The fraction of sp³-hybridized carbons (Fsp3) is 0.250. The van der Waals surface area contributed by atoms with Crippen molar-refractivity contribution < 1.29 is 26.5 Å². The first-order valence-corrected chi connectivity index (χ1v) is 12.5. The third-order valence-corrected chi connectivity index (χ3v) is 7.88. The molecule has 8 heteroatoms. The zero-order valence-electron chi connectivity index (χ0n) is 18.0. The molecule has 1 atom stereocenters. The summed E-state index contributed by atoms with van der Waals surface area (Å²) in [6, 6.07) is 25.0. The summed E-state index contributed by atoms with van der Waals surface area (Å²) in [5, 5.41) is -4.38. The molecule has 3 aromatic carbocycles. The first-order chi connectivity index (χ1) is 14.9. The average molecular weight is 480 g/mol. The van der Waals surface area contributed by atoms with Gasteiger partial charge in [-0.25, -0.2) is 0 Å². The molecule has 0 fully saturated rings. The molecule has 32 heavy (non-hydrogen) atoms. The fourth-order valence-electron chi connectivity index (χ4n) is 2.97. The van der Waals surface area contributed by atoms with E-state index in [9.17, 15) is 17.2 Å². The highest BCUT2D eigenvalue weighted by molar-refractivity contribution is 7.97. The molecule has 0 amide bonds. The average Bonchev–Trinajstić information content (AvgIpc) is 2.73. The Bertz CT molecular complexity index is 1140. The van der Waals surface area contributed by atoms with Gasteiger partial charge in [0.25, 0.3) is 0 Å². The van der Waals surface area contributed by atoms with Crippen LogP contribution in [0.5, 0.6) is 5.75 Å². The first-order valence-electron chi connectivity index (χ1n) is 9.86. The van der Waals surface area contributed by atoms with Gasteiger partial charge in [0.05, 0.1) is 10.9 Å². The minimum absolute atomic E-state index is 0.0347. The summed E-state index contributed by atoms with van der Waals surface area (Å²) in [5.74, 6) is 0.0803. The van der Waals surface area contributed by atoms with Crippen molar-refractivity contribution in [1.29, 1.82) is 0 Å². The number of benzene rings is 3. The normalized spacial score (nSPS) is 13.6. The molecule has 0 heterocycles. The Kier molecular flexibility index (Phi) is 6.97. The Morgan fingerprint density at radius 2 is 1.28 bits per heavy atom. The fourth-order valence-corrected chi connectivity index (χ4v) is 5.24. The molecule has 3 rings (SSSR count). The van der Waals surface area contributed by atoms with E-state index in [1.807, 2.05) is 30.3 Å². The van der Waals surface area contributed by atoms with Gasteiger partial charge in [-0.2, -0.15) is 17.2 Å². The van der Waals surface area contributed by atoms with E-state index in [2.05, 4.69) is 45.0 Å². The second-order valence-corrected chi connectivity index (χ2v) is 11.8. The SMILES string of the molecule is CC(C)(C)c1ccc([S+](c2ccccc2)c2ccc(OCC(F)(F)S(=O)(=O)O)cc2)cc1. The predicted octanol–water partition coefficient (Wildman–Crippen LogP) is 5.94. The molecular weight excluding hydrogens is 454 g/mol. The van der Waals surface area contributed by atoms with Gasteiger partial charge in [-0.15, -0.1) is 0 Å². The number of alkyl halides is 2. The molecular formula is C24H25F2O4S2+. The van der Waals surface area contributed by atoms with Crippen LogP contribution in [0.4, 0.5) is 8.78 Å². The van der Waals surface area contributed by atoms with Gasteiger partial charge in [-0.05, 0) is 59.5 Å². The maximum atomic E-state index is 13.4. The van der Waals surface area contributed by atoms with Crippen LogP contribution in [-0.4, -0.2) is 24.8 Å². The van der Waals surface area contributed by atoms with E-state index < -0.39 is 32.9 Å². The van der Waals surface area contributed by atoms with Crippen molar-refractivity contribution in [2.75, 3.05) is 6.61 Å². The highest BCUT2D eigenvalue weighted by Gasteiger charge is 2.45. The lowest BCUT2D eigenvalue weighted by atomic mass is 9.87. The smallest absolute Gasteiger partial charge is 0.402 e. The second kappa shape index (κ2) is 9.21. The maximum absolute atomic E-state index is 13.4. The quantitative estimate of drug-likeness (QED) is 0.337. The molecule has 0 saturated heterocycles. The predicted molar refractivity (Wildman–Crippen MR) is 122 cm³/mol. The van der Waals surface area contributed by atoms with Crippen LogP contribution < -0.4 is 4.74 Å². The zero-order chi connectivity index (χ0) is 23.6. The van der Waals surface area contributed by atoms with E-state index in [1.54, 1.807) is 12.1 Å². The lowest BCUT2D eigenvalue weighted by Crippen LogP contribution is -2.34. The lowest BCUT2D eigenvalue weighted by molar-refractivity contribution is 0.0288. The van der Waals surface area contributed by atoms with Crippen LogP contribution in [0.3, 0.4) is 0 Å². The van der Waals surface area contributed by atoms with E-state index in [4.69, 9.17) is 9.29 Å². The number of hydrogen-bond donors (Lipinski definition) is 1. The summed E-state index contributed by atoms with van der Waals surface area (Å²) in [5.41, 5.74) is 1.26. The molecule has 3 aromatic rings. The van der Waals surface area contributed by atoms with Crippen molar-refractivity contribution in [2.45, 2.75) is 46.1 Å². The summed E-state index contributed by atoms with van der Waals surface area (Å²) in [7, 11) is -5.97. The van der Waals surface area contributed by atoms with Crippen molar-refractivity contribution in [1.82, 2.24) is 0 Å². The molecule has 0 spiro atoms. The van der Waals surface area contributed by atoms with E-state index in [0.717, 1.165) is 14.7 Å². The number of halogens is 2. The van der Waals surface area contributed by atoms with Gasteiger partial charge in [0.15, 0.2) is 21.3 Å². The summed E-state index contributed by atoms with van der Waals surface area (Å²) < 4.78 is 61.8. The summed E-state index contributed by atoms with van der Waals surface area (Å²) in [4.78, 5) is 3.16. The molecule has 0 radical (unpaired) electrons. The van der Waals surface area contributed by atoms with Crippen molar-refractivity contribution in [2.24, 2.45) is 0 Å². The summed E-state index contributed by atoms with van der Waals surface area (Å²) in [6.45, 7) is 5.00. The monoisotopic (exact) mass is 479 g/mol. The molecule has 0 aliphatic heterocycles. The topological polar surface area (TPSA) is 63.6 Å². The third-order valence-electron chi connectivity index (χ3n) is 4.78. The minimum atomic E-state index is -5.54. The molecule has 1 N–H and O–H groups in total. The summed E-state index contributed by atoms with van der Waals surface area (Å²) in [6.07, 6.45) is 0. The standard InChI is InChI=1S/C24H24F2O4S2/c1-23(2,3)18-9-13-21(14-10-18)31(20-7-5-4-6-8-20)22-15-11-19(12-16-22)30-17-24(25,26)32(27,28)29/h4-16H,17H2,1-3H3/p+1. The maximum Gasteiger partial charge on any atom is 0.402 e. The third kappa shape index (κ3) is 5.68. The molecule has 4 nitrogen and oxygen atoms in total. The van der Waals surface area contributed by atoms with E-state index in [-0.39, 0.29) is 11.2 Å². The Labute approximate surface area is 190 Å². The Morgan fingerprint density at radius 3 is 1.75 bits per heavy atom. The van der Waals surface area contributed by atoms with Crippen LogP contribution in [-0.2, 0) is 26.4 Å². The van der Waals surface area contributed by atoms with Crippen molar-refractivity contribution >= 4 is 21.0 Å². The van der Waals surface area contributed by atoms with Crippen LogP contribution in [0, 0.1) is 0 Å². The van der Waals surface area contributed by atoms with Crippen LogP contribution in [0.25, 0.3) is 0 Å². The van der Waals surface area contributed by atoms with E-state index in [0.29, 0.717) is 0 Å². The van der Waals surface area contributed by atoms with Gasteiger partial charge in [0.1, 0.15) is 5.75 Å². The van der Waals surface area contributed by atoms with Crippen molar-refractivity contribution in [3.05, 3.63) is 84.4 Å². The van der Waals surface area contributed by atoms with Crippen molar-refractivity contribution in [3.63, 3.8) is 0 Å². The molecule has 170 valence electrons. The van der Waals surface area contributed by atoms with Crippen molar-refractivity contribution in [3.8, 4) is 5.75 Å².